The highest BCUT2D eigenvalue weighted by Crippen LogP contribution is 2.28. The molecule has 1 aliphatic rings. The van der Waals surface area contributed by atoms with Gasteiger partial charge in [0.05, 0.1) is 0 Å². The predicted molar refractivity (Wildman–Crippen MR) is 128 cm³/mol. The van der Waals surface area contributed by atoms with Crippen molar-refractivity contribution in [2.24, 2.45) is 9.98 Å². The minimum absolute atomic E-state index is 0.240. The zero-order valence-electron chi connectivity index (χ0n) is 17.7. The molecule has 1 atom stereocenters. The Balaban J connectivity index is 1.58. The Morgan fingerprint density at radius 2 is 1.25 bits per heavy atom. The molecule has 156 valence electrons. The van der Waals surface area contributed by atoms with E-state index in [0.29, 0.717) is 0 Å². The summed E-state index contributed by atoms with van der Waals surface area (Å²) in [6.45, 7) is 2.06. The molecule has 0 spiro atoms. The third-order valence-corrected chi connectivity index (χ3v) is 5.55. The Hall–Kier alpha value is -4.05. The predicted octanol–water partition coefficient (Wildman–Crippen LogP) is 6.30. The van der Waals surface area contributed by atoms with E-state index in [-0.39, 0.29) is 12.0 Å². The van der Waals surface area contributed by atoms with Crippen molar-refractivity contribution >= 4 is 11.7 Å². The fourth-order valence-corrected chi connectivity index (χ4v) is 3.82. The molecule has 1 unspecified atom stereocenters. The summed E-state index contributed by atoms with van der Waals surface area (Å²) < 4.78 is 13.4. The number of nitrogens with zero attached hydrogens (tertiary/aromatic N) is 2. The van der Waals surface area contributed by atoms with Crippen LogP contribution in [0.2, 0.25) is 0 Å². The number of benzene rings is 4. The van der Waals surface area contributed by atoms with Crippen molar-refractivity contribution in [3.63, 3.8) is 0 Å². The molecule has 4 aromatic carbocycles. The molecule has 0 saturated heterocycles. The number of rotatable bonds is 4. The van der Waals surface area contributed by atoms with Crippen molar-refractivity contribution < 1.29 is 4.39 Å². The van der Waals surface area contributed by atoms with Crippen LogP contribution in [0.15, 0.2) is 113 Å². The van der Waals surface area contributed by atoms with E-state index in [4.69, 9.17) is 9.98 Å². The first-order valence-electron chi connectivity index (χ1n) is 10.6. The number of halogens is 1. The van der Waals surface area contributed by atoms with Crippen LogP contribution in [0.25, 0.3) is 11.1 Å². The number of amidine groups is 2. The first-order valence-corrected chi connectivity index (χ1v) is 10.6. The van der Waals surface area contributed by atoms with Crippen molar-refractivity contribution in [3.05, 3.63) is 131 Å². The van der Waals surface area contributed by atoms with Gasteiger partial charge in [-0.05, 0) is 47.4 Å². The van der Waals surface area contributed by atoms with Gasteiger partial charge in [-0.2, -0.15) is 0 Å². The number of hydrogen-bond acceptors (Lipinski definition) is 3. The fraction of sp³-hybridized carbons (Fsp3) is 0.0714. The average molecular weight is 420 g/mol. The normalized spacial score (nSPS) is 15.5. The van der Waals surface area contributed by atoms with Gasteiger partial charge in [0.2, 0.25) is 0 Å². The summed E-state index contributed by atoms with van der Waals surface area (Å²) in [6.07, 6.45) is -0.335. The summed E-state index contributed by atoms with van der Waals surface area (Å²) in [5.41, 5.74) is 6.13. The Labute approximate surface area is 187 Å². The van der Waals surface area contributed by atoms with E-state index in [1.54, 1.807) is 12.1 Å². The molecule has 1 N–H and O–H groups in total. The molecule has 5 rings (SSSR count). The molecule has 0 saturated carbocycles. The summed E-state index contributed by atoms with van der Waals surface area (Å²) in [5.74, 6) is 1.31. The lowest BCUT2D eigenvalue weighted by Crippen LogP contribution is -2.36. The average Bonchev–Trinajstić information content (AvgIpc) is 2.86. The van der Waals surface area contributed by atoms with Crippen molar-refractivity contribution in [2.45, 2.75) is 13.1 Å². The van der Waals surface area contributed by atoms with Crippen molar-refractivity contribution in [2.75, 3.05) is 0 Å². The minimum Gasteiger partial charge on any atom is -0.324 e. The van der Waals surface area contributed by atoms with Crippen LogP contribution in [0.1, 0.15) is 28.4 Å². The van der Waals surface area contributed by atoms with E-state index in [9.17, 15) is 4.39 Å². The van der Waals surface area contributed by atoms with Gasteiger partial charge in [-0.1, -0.05) is 84.9 Å². The second-order valence-corrected chi connectivity index (χ2v) is 7.77. The number of aryl methyl sites for hydroxylation is 1. The zero-order valence-corrected chi connectivity index (χ0v) is 17.7. The van der Waals surface area contributed by atoms with Gasteiger partial charge in [0.1, 0.15) is 17.5 Å². The molecule has 32 heavy (non-hydrogen) atoms. The topological polar surface area (TPSA) is 36.8 Å². The van der Waals surface area contributed by atoms with Crippen LogP contribution < -0.4 is 5.32 Å². The Kier molecular flexibility index (Phi) is 5.34. The monoisotopic (exact) mass is 419 g/mol. The second kappa shape index (κ2) is 8.60. The van der Waals surface area contributed by atoms with Gasteiger partial charge in [-0.15, -0.1) is 0 Å². The Morgan fingerprint density at radius 3 is 1.94 bits per heavy atom. The molecule has 1 heterocycles. The first kappa shape index (κ1) is 19.9. The van der Waals surface area contributed by atoms with Crippen LogP contribution in [-0.2, 0) is 0 Å². The maximum atomic E-state index is 13.4. The standard InChI is InChI=1S/C28H22FN3/c1-19-12-13-23(18-25(19)20-14-16-24(29)17-15-20)28-31-26(21-8-4-2-5-9-21)30-27(32-28)22-10-6-3-7-11-22/h2-18,26H,1H3,(H,30,31,32). The van der Waals surface area contributed by atoms with E-state index in [1.165, 1.54) is 12.1 Å². The molecule has 3 nitrogen and oxygen atoms in total. The Morgan fingerprint density at radius 1 is 0.656 bits per heavy atom. The van der Waals surface area contributed by atoms with E-state index in [2.05, 4.69) is 30.4 Å². The lowest BCUT2D eigenvalue weighted by molar-refractivity contribution is 0.628. The highest BCUT2D eigenvalue weighted by atomic mass is 19.1. The first-order chi connectivity index (χ1) is 15.7. The van der Waals surface area contributed by atoms with Gasteiger partial charge in [0.15, 0.2) is 6.17 Å². The molecule has 0 radical (unpaired) electrons. The van der Waals surface area contributed by atoms with Gasteiger partial charge in [-0.3, -0.25) is 0 Å². The SMILES string of the molecule is Cc1ccc(C2=NC(c3ccccc3)N=C(c3ccccc3)N2)cc1-c1ccc(F)cc1. The quantitative estimate of drug-likeness (QED) is 0.414. The van der Waals surface area contributed by atoms with Gasteiger partial charge >= 0.3 is 0 Å². The number of nitrogens with one attached hydrogen (secondary N) is 1. The summed E-state index contributed by atoms with van der Waals surface area (Å²) >= 11 is 0. The smallest absolute Gasteiger partial charge is 0.169 e. The number of hydrogen-bond donors (Lipinski definition) is 1. The van der Waals surface area contributed by atoms with Crippen LogP contribution in [0.5, 0.6) is 0 Å². The lowest BCUT2D eigenvalue weighted by atomic mass is 9.97. The van der Waals surface area contributed by atoms with Crippen molar-refractivity contribution in [1.29, 1.82) is 0 Å². The summed E-state index contributed by atoms with van der Waals surface area (Å²) in [4.78, 5) is 9.82. The highest BCUT2D eigenvalue weighted by molar-refractivity contribution is 6.16. The summed E-state index contributed by atoms with van der Waals surface area (Å²) in [5, 5.41) is 3.43. The largest absolute Gasteiger partial charge is 0.324 e. The van der Waals surface area contributed by atoms with Gasteiger partial charge in [0, 0.05) is 11.1 Å². The van der Waals surface area contributed by atoms with Crippen LogP contribution in [0, 0.1) is 12.7 Å². The van der Waals surface area contributed by atoms with E-state index < -0.39 is 0 Å². The van der Waals surface area contributed by atoms with Gasteiger partial charge in [0.25, 0.3) is 0 Å². The molecule has 4 aromatic rings. The minimum atomic E-state index is -0.335. The molecular formula is C28H22FN3. The molecule has 1 aliphatic heterocycles. The highest BCUT2D eigenvalue weighted by Gasteiger charge is 2.21. The maximum Gasteiger partial charge on any atom is 0.169 e. The third-order valence-electron chi connectivity index (χ3n) is 5.55. The van der Waals surface area contributed by atoms with Crippen LogP contribution in [0.4, 0.5) is 4.39 Å². The summed E-state index contributed by atoms with van der Waals surface area (Å²) in [7, 11) is 0. The van der Waals surface area contributed by atoms with Gasteiger partial charge < -0.3 is 5.32 Å². The lowest BCUT2D eigenvalue weighted by Gasteiger charge is -2.23. The fourth-order valence-electron chi connectivity index (χ4n) is 3.82. The molecular weight excluding hydrogens is 397 g/mol. The Bertz CT molecular complexity index is 1290. The maximum absolute atomic E-state index is 13.4. The summed E-state index contributed by atoms with van der Waals surface area (Å²) in [6, 6.07) is 33.0. The molecule has 0 aromatic heterocycles. The van der Waals surface area contributed by atoms with E-state index in [0.717, 1.165) is 45.1 Å². The van der Waals surface area contributed by atoms with Crippen molar-refractivity contribution in [3.8, 4) is 11.1 Å². The van der Waals surface area contributed by atoms with Crippen LogP contribution >= 0.6 is 0 Å². The zero-order chi connectivity index (χ0) is 21.9. The van der Waals surface area contributed by atoms with Crippen LogP contribution in [-0.4, -0.2) is 11.7 Å². The second-order valence-electron chi connectivity index (χ2n) is 7.77. The molecule has 0 bridgehead atoms. The van der Waals surface area contributed by atoms with E-state index >= 15 is 0 Å². The molecule has 0 fully saturated rings. The van der Waals surface area contributed by atoms with Crippen molar-refractivity contribution in [1.82, 2.24) is 5.32 Å². The van der Waals surface area contributed by atoms with Gasteiger partial charge in [-0.25, -0.2) is 14.4 Å². The molecule has 0 amide bonds. The molecule has 4 heteroatoms. The van der Waals surface area contributed by atoms with Crippen LogP contribution in [0.3, 0.4) is 0 Å². The third kappa shape index (κ3) is 4.08. The number of aliphatic imine (C=N–C) groups is 2. The van der Waals surface area contributed by atoms with E-state index in [1.807, 2.05) is 60.7 Å². The molecule has 0 aliphatic carbocycles.